The molecule has 0 radical (unpaired) electrons. The molecule has 34 heavy (non-hydrogen) atoms. The number of fused-ring (bicyclic) bond motifs is 1. The van der Waals surface area contributed by atoms with E-state index >= 15 is 0 Å². The molecular weight excluding hydrogens is 422 g/mol. The Morgan fingerprint density at radius 3 is 2.74 bits per heavy atom. The maximum atomic E-state index is 12.4. The summed E-state index contributed by atoms with van der Waals surface area (Å²) in [7, 11) is 0. The fourth-order valence-corrected chi connectivity index (χ4v) is 4.95. The van der Waals surface area contributed by atoms with Crippen molar-refractivity contribution < 1.29 is 9.53 Å². The van der Waals surface area contributed by atoms with Gasteiger partial charge in [-0.15, -0.1) is 0 Å². The molecule has 182 valence electrons. The molecule has 0 aliphatic heterocycles. The van der Waals surface area contributed by atoms with Crippen molar-refractivity contribution in [3.8, 4) is 5.75 Å². The third-order valence-electron chi connectivity index (χ3n) is 6.96. The van der Waals surface area contributed by atoms with E-state index in [4.69, 9.17) is 9.72 Å². The van der Waals surface area contributed by atoms with E-state index in [0.717, 1.165) is 75.3 Å². The molecule has 1 aliphatic carbocycles. The van der Waals surface area contributed by atoms with Gasteiger partial charge < -0.3 is 14.6 Å². The minimum atomic E-state index is 0.226. The van der Waals surface area contributed by atoms with E-state index in [9.17, 15) is 4.79 Å². The van der Waals surface area contributed by atoms with Crippen LogP contribution in [0.3, 0.4) is 0 Å². The molecule has 1 aromatic heterocycles. The Bertz CT molecular complexity index is 1080. The van der Waals surface area contributed by atoms with Crippen molar-refractivity contribution in [3.63, 3.8) is 0 Å². The molecule has 0 saturated heterocycles. The molecule has 2 aromatic carbocycles. The zero-order chi connectivity index (χ0) is 23.8. The van der Waals surface area contributed by atoms with Crippen LogP contribution in [0.25, 0.3) is 11.0 Å². The molecule has 1 saturated carbocycles. The lowest BCUT2D eigenvalue weighted by Gasteiger charge is -2.20. The number of ether oxygens (including phenoxy) is 1. The van der Waals surface area contributed by atoms with Gasteiger partial charge in [0.15, 0.2) is 0 Å². The molecule has 0 spiro atoms. The van der Waals surface area contributed by atoms with Crippen molar-refractivity contribution in [1.82, 2.24) is 14.9 Å². The number of nitrogens with zero attached hydrogens (tertiary/aromatic N) is 2. The van der Waals surface area contributed by atoms with Crippen LogP contribution in [0.15, 0.2) is 42.5 Å². The lowest BCUT2D eigenvalue weighted by atomic mass is 9.89. The number of nitrogens with one attached hydrogen (secondary N) is 1. The summed E-state index contributed by atoms with van der Waals surface area (Å²) < 4.78 is 8.40. The zero-order valence-corrected chi connectivity index (χ0v) is 20.8. The van der Waals surface area contributed by atoms with Gasteiger partial charge in [-0.1, -0.05) is 43.5 Å². The Morgan fingerprint density at radius 1 is 1.06 bits per heavy atom. The number of aryl methyl sites for hydroxylation is 4. The van der Waals surface area contributed by atoms with Crippen molar-refractivity contribution in [1.29, 1.82) is 0 Å². The van der Waals surface area contributed by atoms with Gasteiger partial charge in [-0.25, -0.2) is 4.98 Å². The standard InChI is InChI=1S/C29H39N3O2/c1-22-16-17-23(2)27(21-22)34-20-9-8-19-32-26-14-7-6-13-25(26)31-28(32)15-10-18-30-29(33)24-11-4-3-5-12-24/h6-7,13-14,16-17,21,24H,3-5,8-12,15,18-20H2,1-2H3,(H,30,33). The van der Waals surface area contributed by atoms with Crippen LogP contribution >= 0.6 is 0 Å². The summed E-state index contributed by atoms with van der Waals surface area (Å²) in [5, 5.41) is 3.17. The minimum Gasteiger partial charge on any atom is -0.493 e. The molecule has 0 unspecified atom stereocenters. The van der Waals surface area contributed by atoms with Crippen LogP contribution in [0.1, 0.15) is 68.3 Å². The summed E-state index contributed by atoms with van der Waals surface area (Å²) in [6.07, 6.45) is 9.58. The number of aromatic nitrogens is 2. The van der Waals surface area contributed by atoms with Gasteiger partial charge in [0.2, 0.25) is 5.91 Å². The molecule has 0 atom stereocenters. The topological polar surface area (TPSA) is 56.1 Å². The summed E-state index contributed by atoms with van der Waals surface area (Å²) in [5.74, 6) is 2.58. The second-order valence-corrected chi connectivity index (χ2v) is 9.72. The summed E-state index contributed by atoms with van der Waals surface area (Å²) in [4.78, 5) is 17.3. The Labute approximate surface area is 203 Å². The van der Waals surface area contributed by atoms with Crippen molar-refractivity contribution in [2.45, 2.75) is 78.2 Å². The predicted molar refractivity (Wildman–Crippen MR) is 138 cm³/mol. The third kappa shape index (κ3) is 6.40. The molecule has 1 fully saturated rings. The van der Waals surface area contributed by atoms with Crippen LogP contribution in [-0.2, 0) is 17.8 Å². The molecule has 1 aliphatic rings. The average molecular weight is 462 g/mol. The lowest BCUT2D eigenvalue weighted by Crippen LogP contribution is -2.32. The first-order valence-electron chi connectivity index (χ1n) is 13.0. The zero-order valence-electron chi connectivity index (χ0n) is 20.8. The number of unbranched alkanes of at least 4 members (excludes halogenated alkanes) is 1. The van der Waals surface area contributed by atoms with E-state index in [0.29, 0.717) is 0 Å². The summed E-state index contributed by atoms with van der Waals surface area (Å²) in [5.41, 5.74) is 4.66. The summed E-state index contributed by atoms with van der Waals surface area (Å²) in [6, 6.07) is 14.7. The van der Waals surface area contributed by atoms with Gasteiger partial charge in [-0.2, -0.15) is 0 Å². The molecule has 5 nitrogen and oxygen atoms in total. The Balaban J connectivity index is 1.27. The van der Waals surface area contributed by atoms with E-state index in [1.54, 1.807) is 0 Å². The quantitative estimate of drug-likeness (QED) is 0.349. The van der Waals surface area contributed by atoms with Gasteiger partial charge in [0.1, 0.15) is 11.6 Å². The summed E-state index contributed by atoms with van der Waals surface area (Å²) >= 11 is 0. The first-order chi connectivity index (χ1) is 16.6. The number of imidazole rings is 1. The number of hydrogen-bond acceptors (Lipinski definition) is 3. The highest BCUT2D eigenvalue weighted by molar-refractivity contribution is 5.78. The highest BCUT2D eigenvalue weighted by Crippen LogP contribution is 2.24. The third-order valence-corrected chi connectivity index (χ3v) is 6.96. The molecule has 1 heterocycles. The molecule has 4 rings (SSSR count). The maximum absolute atomic E-state index is 12.4. The number of amides is 1. The number of benzene rings is 2. The second-order valence-electron chi connectivity index (χ2n) is 9.72. The van der Waals surface area contributed by atoms with Crippen molar-refractivity contribution >= 4 is 16.9 Å². The highest BCUT2D eigenvalue weighted by Gasteiger charge is 2.20. The Kier molecular flexibility index (Phi) is 8.62. The monoisotopic (exact) mass is 461 g/mol. The largest absolute Gasteiger partial charge is 0.493 e. The van der Waals surface area contributed by atoms with Crippen LogP contribution in [0, 0.1) is 19.8 Å². The van der Waals surface area contributed by atoms with E-state index in [2.05, 4.69) is 60.1 Å². The Hall–Kier alpha value is -2.82. The number of rotatable bonds is 11. The van der Waals surface area contributed by atoms with Gasteiger partial charge in [-0.05, 0) is 75.3 Å². The van der Waals surface area contributed by atoms with Crippen molar-refractivity contribution in [2.24, 2.45) is 5.92 Å². The van der Waals surface area contributed by atoms with E-state index in [1.165, 1.54) is 35.9 Å². The second kappa shape index (κ2) is 12.0. The van der Waals surface area contributed by atoms with Crippen LogP contribution in [0.5, 0.6) is 5.75 Å². The number of carbonyl (C=O) groups excluding carboxylic acids is 1. The molecule has 1 amide bonds. The number of carbonyl (C=O) groups is 1. The Morgan fingerprint density at radius 2 is 1.88 bits per heavy atom. The van der Waals surface area contributed by atoms with Crippen molar-refractivity contribution in [3.05, 3.63) is 59.4 Å². The fraction of sp³-hybridized carbons (Fsp3) is 0.517. The van der Waals surface area contributed by atoms with E-state index in [1.807, 2.05) is 6.07 Å². The molecule has 3 aromatic rings. The fourth-order valence-electron chi connectivity index (χ4n) is 4.95. The van der Waals surface area contributed by atoms with E-state index < -0.39 is 0 Å². The average Bonchev–Trinajstić information content (AvgIpc) is 3.21. The minimum absolute atomic E-state index is 0.226. The highest BCUT2D eigenvalue weighted by atomic mass is 16.5. The van der Waals surface area contributed by atoms with Crippen molar-refractivity contribution in [2.75, 3.05) is 13.2 Å². The molecule has 0 bridgehead atoms. The molecule has 5 heteroatoms. The van der Waals surface area contributed by atoms with Gasteiger partial charge in [0, 0.05) is 25.4 Å². The lowest BCUT2D eigenvalue weighted by molar-refractivity contribution is -0.125. The van der Waals surface area contributed by atoms with Crippen LogP contribution in [-0.4, -0.2) is 28.6 Å². The number of hydrogen-bond donors (Lipinski definition) is 1. The van der Waals surface area contributed by atoms with Crippen LogP contribution < -0.4 is 10.1 Å². The normalized spacial score (nSPS) is 14.4. The van der Waals surface area contributed by atoms with Gasteiger partial charge in [0.25, 0.3) is 0 Å². The first-order valence-corrected chi connectivity index (χ1v) is 13.0. The van der Waals surface area contributed by atoms with Gasteiger partial charge in [0.05, 0.1) is 17.6 Å². The van der Waals surface area contributed by atoms with Crippen LogP contribution in [0.4, 0.5) is 0 Å². The van der Waals surface area contributed by atoms with Gasteiger partial charge in [-0.3, -0.25) is 4.79 Å². The van der Waals surface area contributed by atoms with Gasteiger partial charge >= 0.3 is 0 Å². The number of para-hydroxylation sites is 2. The maximum Gasteiger partial charge on any atom is 0.223 e. The SMILES string of the molecule is Cc1ccc(C)c(OCCCCn2c(CCCNC(=O)C3CCCCC3)nc3ccccc32)c1. The van der Waals surface area contributed by atoms with Crippen LogP contribution in [0.2, 0.25) is 0 Å². The smallest absolute Gasteiger partial charge is 0.223 e. The molecular formula is C29H39N3O2. The molecule has 1 N–H and O–H groups in total. The van der Waals surface area contributed by atoms with E-state index in [-0.39, 0.29) is 11.8 Å². The first kappa shape index (κ1) is 24.3. The summed E-state index contributed by atoms with van der Waals surface area (Å²) in [6.45, 7) is 6.57. The predicted octanol–water partition coefficient (Wildman–Crippen LogP) is 6.14.